The largest absolute Gasteiger partial charge is 0.455 e. The van der Waals surface area contributed by atoms with Crippen LogP contribution in [0.2, 0.25) is 0 Å². The maximum Gasteiger partial charge on any atom is 0.455 e. The number of hydrogen-bond donors (Lipinski definition) is 4. The summed E-state index contributed by atoms with van der Waals surface area (Å²) in [5.41, 5.74) is 14.4. The molecule has 1 fully saturated rings. The van der Waals surface area contributed by atoms with Gasteiger partial charge in [-0.3, -0.25) is 0 Å². The van der Waals surface area contributed by atoms with Gasteiger partial charge in [0, 0.05) is 34.3 Å². The van der Waals surface area contributed by atoms with Crippen LogP contribution in [0.15, 0.2) is 35.5 Å². The van der Waals surface area contributed by atoms with Crippen molar-refractivity contribution in [2.75, 3.05) is 17.6 Å². The predicted molar refractivity (Wildman–Crippen MR) is 109 cm³/mol. The van der Waals surface area contributed by atoms with Crippen LogP contribution in [0.4, 0.5) is 39.1 Å². The summed E-state index contributed by atoms with van der Waals surface area (Å²) in [6.45, 7) is 0.0260. The van der Waals surface area contributed by atoms with E-state index in [1.807, 2.05) is 17.4 Å². The molecule has 3 rings (SSSR count). The summed E-state index contributed by atoms with van der Waals surface area (Å²) in [6, 6.07) is 6.76. The number of rotatable bonds is 7. The number of halogens is 5. The maximum absolute atomic E-state index is 13.1. The number of benzene rings is 1. The number of hydrogen-bond acceptors (Lipinski definition) is 6. The topological polar surface area (TPSA) is 113 Å². The average Bonchev–Trinajstić information content (AvgIpc) is 3.44. The van der Waals surface area contributed by atoms with E-state index in [1.165, 1.54) is 6.07 Å². The lowest BCUT2D eigenvalue weighted by molar-refractivity contribution is -0.275. The number of nitrogens with one attached hydrogen (secondary N) is 2. The van der Waals surface area contributed by atoms with Crippen molar-refractivity contribution in [1.82, 2.24) is 4.98 Å². The van der Waals surface area contributed by atoms with Crippen molar-refractivity contribution in [2.45, 2.75) is 37.4 Å². The summed E-state index contributed by atoms with van der Waals surface area (Å²) in [5.74, 6) is -4.78. The summed E-state index contributed by atoms with van der Waals surface area (Å²) in [7, 11) is 0. The van der Waals surface area contributed by atoms with Gasteiger partial charge in [-0.1, -0.05) is 6.07 Å². The number of aliphatic imine (C=N–C) groups is 1. The van der Waals surface area contributed by atoms with E-state index in [4.69, 9.17) is 16.9 Å². The number of anilines is 2. The van der Waals surface area contributed by atoms with Gasteiger partial charge >= 0.3 is 12.1 Å². The van der Waals surface area contributed by atoms with Crippen LogP contribution < -0.4 is 16.8 Å². The molecule has 6 N–H and O–H groups in total. The number of pyridine rings is 1. The van der Waals surface area contributed by atoms with Gasteiger partial charge in [-0.15, -0.1) is 0 Å². The van der Waals surface area contributed by atoms with Gasteiger partial charge < -0.3 is 22.2 Å². The minimum Gasteiger partial charge on any atom is -0.398 e. The van der Waals surface area contributed by atoms with Gasteiger partial charge in [0.05, 0.1) is 18.4 Å². The third kappa shape index (κ3) is 4.82. The maximum atomic E-state index is 13.1. The standard InChI is InChI=1S/C20H21F5N6/c1-11(14-7-13(2-3-15(14)27)18(28)4-5-18)31-17-6-12(8-26)16(9-29-17)30-10-19(21,22)20(23,24)25/h2-3,6-9,26,30H,4-5,10,27-28H2,1H3. The first-order valence-electron chi connectivity index (χ1n) is 9.30. The smallest absolute Gasteiger partial charge is 0.398 e. The molecule has 0 spiro atoms. The fraction of sp³-hybridized carbons (Fsp3) is 0.350. The van der Waals surface area contributed by atoms with E-state index in [0.29, 0.717) is 17.0 Å². The minimum atomic E-state index is -5.68. The first kappa shape index (κ1) is 22.6. The van der Waals surface area contributed by atoms with Crippen molar-refractivity contribution in [3.63, 3.8) is 0 Å². The van der Waals surface area contributed by atoms with Crippen LogP contribution in [0.25, 0.3) is 0 Å². The number of nitrogens with zero attached hydrogens (tertiary/aromatic N) is 2. The van der Waals surface area contributed by atoms with Crippen molar-refractivity contribution in [1.29, 1.82) is 5.41 Å². The van der Waals surface area contributed by atoms with Crippen molar-refractivity contribution >= 4 is 29.1 Å². The molecule has 1 heterocycles. The molecule has 0 amide bonds. The highest BCUT2D eigenvalue weighted by Crippen LogP contribution is 2.43. The molecule has 0 unspecified atom stereocenters. The van der Waals surface area contributed by atoms with E-state index in [2.05, 4.69) is 9.98 Å². The zero-order valence-corrected chi connectivity index (χ0v) is 16.5. The summed E-state index contributed by atoms with van der Waals surface area (Å²) < 4.78 is 63.3. The summed E-state index contributed by atoms with van der Waals surface area (Å²) >= 11 is 0. The highest BCUT2D eigenvalue weighted by Gasteiger charge is 2.57. The number of nitrogen functional groups attached to an aromatic ring is 1. The van der Waals surface area contributed by atoms with E-state index in [9.17, 15) is 22.0 Å². The van der Waals surface area contributed by atoms with Gasteiger partial charge in [-0.05, 0) is 43.5 Å². The Morgan fingerprint density at radius 1 is 1.26 bits per heavy atom. The van der Waals surface area contributed by atoms with Crippen molar-refractivity contribution in [2.24, 2.45) is 10.7 Å². The molecule has 1 aliphatic carbocycles. The summed E-state index contributed by atoms with van der Waals surface area (Å²) in [6.07, 6.45) is -2.07. The molecule has 11 heteroatoms. The molecule has 0 radical (unpaired) electrons. The second-order valence-corrected chi connectivity index (χ2v) is 7.49. The number of nitrogens with two attached hydrogens (primary N) is 2. The second kappa shape index (κ2) is 7.88. The Bertz CT molecular complexity index is 1030. The molecule has 1 saturated carbocycles. The molecule has 2 aromatic rings. The SMILES string of the molecule is CC(=Nc1cc(C=N)c(NCC(F)(F)C(F)(F)F)cn1)c1cc(C2(N)CC2)ccc1N. The third-order valence-corrected chi connectivity index (χ3v) is 5.08. The molecule has 166 valence electrons. The van der Waals surface area contributed by atoms with Crippen LogP contribution in [0.3, 0.4) is 0 Å². The summed E-state index contributed by atoms with van der Waals surface area (Å²) in [4.78, 5) is 8.34. The molecule has 6 nitrogen and oxygen atoms in total. The first-order chi connectivity index (χ1) is 14.4. The zero-order chi connectivity index (χ0) is 23.0. The van der Waals surface area contributed by atoms with Crippen LogP contribution >= 0.6 is 0 Å². The fourth-order valence-electron chi connectivity index (χ4n) is 2.93. The van der Waals surface area contributed by atoms with Crippen LogP contribution in [0.1, 0.15) is 36.5 Å². The Kier molecular flexibility index (Phi) is 5.74. The summed E-state index contributed by atoms with van der Waals surface area (Å²) in [5, 5.41) is 9.44. The van der Waals surface area contributed by atoms with Gasteiger partial charge in [0.2, 0.25) is 0 Å². The van der Waals surface area contributed by atoms with E-state index in [-0.39, 0.29) is 22.6 Å². The van der Waals surface area contributed by atoms with Crippen LogP contribution in [0.5, 0.6) is 0 Å². The lowest BCUT2D eigenvalue weighted by Gasteiger charge is -2.20. The molecule has 0 atom stereocenters. The average molecular weight is 440 g/mol. The Balaban J connectivity index is 1.84. The van der Waals surface area contributed by atoms with Gasteiger partial charge in [-0.25, -0.2) is 9.98 Å². The molecule has 1 aromatic heterocycles. The molecular weight excluding hydrogens is 419 g/mol. The zero-order valence-electron chi connectivity index (χ0n) is 16.5. The number of alkyl halides is 5. The molecule has 0 bridgehead atoms. The molecular formula is C20H21F5N6. The highest BCUT2D eigenvalue weighted by atomic mass is 19.4. The fourth-order valence-corrected chi connectivity index (χ4v) is 2.93. The quantitative estimate of drug-likeness (QED) is 0.291. The van der Waals surface area contributed by atoms with Gasteiger partial charge in [-0.2, -0.15) is 22.0 Å². The Hall–Kier alpha value is -3.08. The molecule has 1 aromatic carbocycles. The van der Waals surface area contributed by atoms with Crippen molar-refractivity contribution < 1.29 is 22.0 Å². The predicted octanol–water partition coefficient (Wildman–Crippen LogP) is 4.36. The van der Waals surface area contributed by atoms with E-state index >= 15 is 0 Å². The van der Waals surface area contributed by atoms with Gasteiger partial charge in [0.25, 0.3) is 0 Å². The van der Waals surface area contributed by atoms with Crippen molar-refractivity contribution in [3.8, 4) is 0 Å². The Labute approximate surface area is 175 Å². The molecule has 0 aliphatic heterocycles. The molecule has 0 saturated heterocycles. The van der Waals surface area contributed by atoms with E-state index < -0.39 is 18.6 Å². The Morgan fingerprint density at radius 2 is 1.94 bits per heavy atom. The molecule has 1 aliphatic rings. The van der Waals surface area contributed by atoms with Gasteiger partial charge in [0.1, 0.15) is 0 Å². The lowest BCUT2D eigenvalue weighted by atomic mass is 9.99. The second-order valence-electron chi connectivity index (χ2n) is 7.49. The number of aromatic nitrogens is 1. The first-order valence-corrected chi connectivity index (χ1v) is 9.30. The van der Waals surface area contributed by atoms with Crippen molar-refractivity contribution in [3.05, 3.63) is 47.2 Å². The monoisotopic (exact) mass is 440 g/mol. The minimum absolute atomic E-state index is 0.0557. The van der Waals surface area contributed by atoms with Crippen LogP contribution in [-0.4, -0.2) is 35.6 Å². The normalized spacial score (nSPS) is 16.2. The molecule has 31 heavy (non-hydrogen) atoms. The Morgan fingerprint density at radius 3 is 2.52 bits per heavy atom. The van der Waals surface area contributed by atoms with Gasteiger partial charge in [0.15, 0.2) is 5.82 Å². The van der Waals surface area contributed by atoms with Crippen LogP contribution in [0, 0.1) is 5.41 Å². The third-order valence-electron chi connectivity index (χ3n) is 5.08. The lowest BCUT2D eigenvalue weighted by Crippen LogP contribution is -2.42. The highest BCUT2D eigenvalue weighted by molar-refractivity contribution is 6.04. The van der Waals surface area contributed by atoms with E-state index in [0.717, 1.165) is 30.8 Å². The van der Waals surface area contributed by atoms with Crippen LogP contribution in [-0.2, 0) is 5.54 Å². The van der Waals surface area contributed by atoms with E-state index in [1.54, 1.807) is 13.0 Å².